The molecule has 0 unspecified atom stereocenters. The van der Waals surface area contributed by atoms with Crippen molar-refractivity contribution < 1.29 is 27.5 Å². The van der Waals surface area contributed by atoms with E-state index in [9.17, 15) is 22.8 Å². The zero-order valence-corrected chi connectivity index (χ0v) is 24.6. The minimum Gasteiger partial charge on any atom is -0.378 e. The van der Waals surface area contributed by atoms with Crippen molar-refractivity contribution in [2.45, 2.75) is 25.7 Å². The van der Waals surface area contributed by atoms with E-state index in [4.69, 9.17) is 16.3 Å². The fraction of sp³-hybridized carbons (Fsp3) is 0.375. The molecule has 1 aliphatic rings. The quantitative estimate of drug-likeness (QED) is 0.453. The van der Waals surface area contributed by atoms with E-state index in [1.807, 2.05) is 22.6 Å². The Labute approximate surface area is 235 Å². The maximum atomic E-state index is 13.5. The Morgan fingerprint density at radius 1 is 1.11 bits per heavy atom. The highest BCUT2D eigenvalue weighted by molar-refractivity contribution is 14.1. The van der Waals surface area contributed by atoms with Crippen molar-refractivity contribution >= 4 is 79.0 Å². The molecule has 1 saturated heterocycles. The summed E-state index contributed by atoms with van der Waals surface area (Å²) in [6.07, 6.45) is 0. The molecule has 3 amide bonds. The van der Waals surface area contributed by atoms with Gasteiger partial charge in [0.1, 0.15) is 4.90 Å². The Kier molecular flexibility index (Phi) is 9.56. The molecule has 0 spiro atoms. The summed E-state index contributed by atoms with van der Waals surface area (Å²) in [6.45, 7) is 6.18. The van der Waals surface area contributed by atoms with Crippen LogP contribution in [0.3, 0.4) is 0 Å². The van der Waals surface area contributed by atoms with Crippen molar-refractivity contribution in [3.8, 4) is 0 Å². The highest BCUT2D eigenvalue weighted by Gasteiger charge is 2.32. The lowest BCUT2D eigenvalue weighted by Gasteiger charge is -2.29. The number of aryl methyl sites for hydroxylation is 1. The van der Waals surface area contributed by atoms with E-state index in [0.717, 1.165) is 14.9 Å². The molecule has 1 N–H and O–H groups in total. The average Bonchev–Trinajstić information content (AvgIpc) is 2.80. The second kappa shape index (κ2) is 12.1. The first-order chi connectivity index (χ1) is 17.3. The fourth-order valence-electron chi connectivity index (χ4n) is 3.95. The Morgan fingerprint density at radius 3 is 2.30 bits per heavy atom. The molecule has 3 rings (SSSR count). The number of halogens is 2. The number of likely N-dealkylation sites (N-methyl/N-ethyl adjacent to an activating group) is 1. The Hall–Kier alpha value is -2.26. The third kappa shape index (κ3) is 6.79. The molecule has 2 aromatic carbocycles. The average molecular weight is 663 g/mol. The van der Waals surface area contributed by atoms with Gasteiger partial charge in [0.15, 0.2) is 0 Å². The van der Waals surface area contributed by atoms with Crippen molar-refractivity contribution in [1.29, 1.82) is 0 Å². The SMILES string of the molecule is CC(=O)N(C(C)=O)c1c(I)cc(C)cc1S(=O)(=O)N(C)CC(=O)Nc1ccc(N2CCOCC2)c(Cl)c1. The number of anilines is 3. The lowest BCUT2D eigenvalue weighted by Crippen LogP contribution is -2.38. The van der Waals surface area contributed by atoms with Gasteiger partial charge in [0, 0.05) is 43.2 Å². The number of nitrogens with one attached hydrogen (secondary N) is 1. The third-order valence-electron chi connectivity index (χ3n) is 5.66. The molecule has 13 heteroatoms. The normalized spacial score (nSPS) is 14.0. The van der Waals surface area contributed by atoms with Crippen LogP contribution in [0.2, 0.25) is 5.02 Å². The first kappa shape index (κ1) is 29.3. The molecule has 1 fully saturated rings. The molecule has 1 heterocycles. The highest BCUT2D eigenvalue weighted by atomic mass is 127. The number of amides is 3. The number of rotatable bonds is 7. The number of hydrogen-bond acceptors (Lipinski definition) is 7. The number of sulfonamides is 1. The van der Waals surface area contributed by atoms with Crippen LogP contribution in [0.1, 0.15) is 19.4 Å². The fourth-order valence-corrected chi connectivity index (χ4v) is 6.86. The van der Waals surface area contributed by atoms with Crippen molar-refractivity contribution in [2.24, 2.45) is 0 Å². The van der Waals surface area contributed by atoms with Crippen molar-refractivity contribution in [3.05, 3.63) is 44.5 Å². The predicted molar refractivity (Wildman–Crippen MR) is 151 cm³/mol. The van der Waals surface area contributed by atoms with E-state index in [-0.39, 0.29) is 10.6 Å². The van der Waals surface area contributed by atoms with Crippen molar-refractivity contribution in [1.82, 2.24) is 4.31 Å². The van der Waals surface area contributed by atoms with Crippen molar-refractivity contribution in [2.75, 3.05) is 55.0 Å². The van der Waals surface area contributed by atoms with Gasteiger partial charge in [-0.1, -0.05) is 11.6 Å². The largest absolute Gasteiger partial charge is 0.378 e. The molecule has 0 atom stereocenters. The van der Waals surface area contributed by atoms with Gasteiger partial charge in [-0.2, -0.15) is 4.31 Å². The van der Waals surface area contributed by atoms with Crippen LogP contribution in [-0.2, 0) is 29.1 Å². The molecule has 200 valence electrons. The minimum absolute atomic E-state index is 0.0380. The second-order valence-electron chi connectivity index (χ2n) is 8.54. The van der Waals surface area contributed by atoms with Gasteiger partial charge >= 0.3 is 0 Å². The number of hydrogen-bond donors (Lipinski definition) is 1. The molecule has 1 aliphatic heterocycles. The summed E-state index contributed by atoms with van der Waals surface area (Å²) in [5.74, 6) is -1.83. The number of morpholine rings is 1. The van der Waals surface area contributed by atoms with Crippen molar-refractivity contribution in [3.63, 3.8) is 0 Å². The molecule has 10 nitrogen and oxygen atoms in total. The Balaban J connectivity index is 1.82. The van der Waals surface area contributed by atoms with E-state index in [1.165, 1.54) is 27.0 Å². The van der Waals surface area contributed by atoms with Crippen LogP contribution >= 0.6 is 34.2 Å². The standard InChI is InChI=1S/C24H28ClIN4O6S/c1-15-11-20(26)24(30(16(2)31)17(3)32)22(12-15)37(34,35)28(4)14-23(33)27-18-5-6-21(19(25)13-18)29-7-9-36-10-8-29/h5-6,11-13H,7-10,14H2,1-4H3,(H,27,33). The van der Waals surface area contributed by atoms with Crippen LogP contribution in [-0.4, -0.2) is 70.3 Å². The topological polar surface area (TPSA) is 116 Å². The summed E-state index contributed by atoms with van der Waals surface area (Å²) in [4.78, 5) is 39.9. The summed E-state index contributed by atoms with van der Waals surface area (Å²) in [7, 11) is -3.01. The molecular formula is C24H28ClIN4O6S. The lowest BCUT2D eigenvalue weighted by atomic mass is 10.2. The van der Waals surface area contributed by atoms with Crippen LogP contribution in [0.15, 0.2) is 35.2 Å². The zero-order valence-electron chi connectivity index (χ0n) is 20.9. The van der Waals surface area contributed by atoms with Gasteiger partial charge in [0.25, 0.3) is 0 Å². The van der Waals surface area contributed by atoms with E-state index >= 15 is 0 Å². The second-order valence-corrected chi connectivity index (χ2v) is 12.1. The maximum Gasteiger partial charge on any atom is 0.245 e. The molecule has 0 saturated carbocycles. The van der Waals surface area contributed by atoms with Crippen LogP contribution < -0.4 is 15.1 Å². The summed E-state index contributed by atoms with van der Waals surface area (Å²) < 4.78 is 33.7. The highest BCUT2D eigenvalue weighted by Crippen LogP contribution is 2.34. The summed E-state index contributed by atoms with van der Waals surface area (Å²) in [6, 6.07) is 8.15. The molecular weight excluding hydrogens is 635 g/mol. The van der Waals surface area contributed by atoms with Gasteiger partial charge in [-0.15, -0.1) is 0 Å². The third-order valence-corrected chi connectivity index (χ3v) is 8.61. The summed E-state index contributed by atoms with van der Waals surface area (Å²) in [5, 5.41) is 3.12. The van der Waals surface area contributed by atoms with Crippen LogP contribution in [0.25, 0.3) is 0 Å². The first-order valence-electron chi connectivity index (χ1n) is 11.3. The van der Waals surface area contributed by atoms with E-state index in [0.29, 0.717) is 46.1 Å². The van der Waals surface area contributed by atoms with Crippen LogP contribution in [0, 0.1) is 10.5 Å². The lowest BCUT2D eigenvalue weighted by molar-refractivity contribution is -0.124. The summed E-state index contributed by atoms with van der Waals surface area (Å²) >= 11 is 8.32. The monoisotopic (exact) mass is 662 g/mol. The zero-order chi connectivity index (χ0) is 27.5. The molecule has 0 aromatic heterocycles. The smallest absolute Gasteiger partial charge is 0.245 e. The number of benzene rings is 2. The Morgan fingerprint density at radius 2 is 1.73 bits per heavy atom. The first-order valence-corrected chi connectivity index (χ1v) is 14.2. The molecule has 0 aliphatic carbocycles. The number of carbonyl (C=O) groups excluding carboxylic acids is 3. The van der Waals surface area contributed by atoms with E-state index < -0.39 is 34.3 Å². The van der Waals surface area contributed by atoms with E-state index in [2.05, 4.69) is 10.2 Å². The minimum atomic E-state index is -4.27. The van der Waals surface area contributed by atoms with Gasteiger partial charge < -0.3 is 15.0 Å². The Bertz CT molecular complexity index is 1320. The van der Waals surface area contributed by atoms with Gasteiger partial charge in [-0.05, 0) is 65.4 Å². The van der Waals surface area contributed by atoms with Gasteiger partial charge in [0.05, 0.1) is 36.2 Å². The predicted octanol–water partition coefficient (Wildman–Crippen LogP) is 3.25. The molecule has 0 bridgehead atoms. The summed E-state index contributed by atoms with van der Waals surface area (Å²) in [5.41, 5.74) is 1.82. The van der Waals surface area contributed by atoms with Gasteiger partial charge in [-0.3, -0.25) is 14.4 Å². The number of nitrogens with zero attached hydrogens (tertiary/aromatic N) is 3. The number of ether oxygens (including phenoxy) is 1. The van der Waals surface area contributed by atoms with Gasteiger partial charge in [-0.25, -0.2) is 13.3 Å². The van der Waals surface area contributed by atoms with Crippen LogP contribution in [0.5, 0.6) is 0 Å². The molecule has 0 radical (unpaired) electrons. The molecule has 2 aromatic rings. The van der Waals surface area contributed by atoms with Gasteiger partial charge in [0.2, 0.25) is 27.7 Å². The van der Waals surface area contributed by atoms with E-state index in [1.54, 1.807) is 31.2 Å². The molecule has 37 heavy (non-hydrogen) atoms. The maximum absolute atomic E-state index is 13.5. The van der Waals surface area contributed by atoms with Crippen LogP contribution in [0.4, 0.5) is 17.1 Å². The number of carbonyl (C=O) groups is 3. The number of imide groups is 1.